The number of thiophene rings is 1. The molecular weight excluding hydrogens is 380 g/mol. The molecule has 6 heteroatoms. The first-order valence-electron chi connectivity index (χ1n) is 9.91. The van der Waals surface area contributed by atoms with Gasteiger partial charge in [0.2, 0.25) is 0 Å². The molecule has 0 aliphatic heterocycles. The van der Waals surface area contributed by atoms with Crippen LogP contribution in [-0.4, -0.2) is 26.7 Å². The van der Waals surface area contributed by atoms with Crippen LogP contribution in [0.4, 0.5) is 0 Å². The zero-order chi connectivity index (χ0) is 20.2. The van der Waals surface area contributed by atoms with Crippen molar-refractivity contribution >= 4 is 28.3 Å². The van der Waals surface area contributed by atoms with Crippen molar-refractivity contribution in [3.8, 4) is 10.4 Å². The summed E-state index contributed by atoms with van der Waals surface area (Å²) in [6.45, 7) is 4.71. The van der Waals surface area contributed by atoms with Crippen molar-refractivity contribution < 1.29 is 4.79 Å². The van der Waals surface area contributed by atoms with Gasteiger partial charge >= 0.3 is 0 Å². The van der Waals surface area contributed by atoms with E-state index in [4.69, 9.17) is 5.10 Å². The third kappa shape index (κ3) is 4.07. The molecule has 4 aromatic rings. The third-order valence-corrected chi connectivity index (χ3v) is 5.81. The molecule has 3 aromatic heterocycles. The van der Waals surface area contributed by atoms with E-state index in [-0.39, 0.29) is 11.9 Å². The van der Waals surface area contributed by atoms with Crippen molar-refractivity contribution in [3.05, 3.63) is 71.4 Å². The van der Waals surface area contributed by atoms with Crippen LogP contribution < -0.4 is 5.32 Å². The number of rotatable bonds is 7. The van der Waals surface area contributed by atoms with Crippen LogP contribution in [0, 0.1) is 0 Å². The van der Waals surface area contributed by atoms with Gasteiger partial charge in [-0.15, -0.1) is 11.3 Å². The Morgan fingerprint density at radius 2 is 2.00 bits per heavy atom. The van der Waals surface area contributed by atoms with Gasteiger partial charge in [-0.1, -0.05) is 49.7 Å². The maximum Gasteiger partial charge on any atom is 0.272 e. The topological polar surface area (TPSA) is 59.8 Å². The van der Waals surface area contributed by atoms with Crippen LogP contribution in [-0.2, 0) is 6.54 Å². The predicted molar refractivity (Wildman–Crippen MR) is 118 cm³/mol. The van der Waals surface area contributed by atoms with Crippen LogP contribution in [0.2, 0.25) is 0 Å². The van der Waals surface area contributed by atoms with Crippen LogP contribution in [0.5, 0.6) is 0 Å². The zero-order valence-electron chi connectivity index (χ0n) is 16.6. The van der Waals surface area contributed by atoms with E-state index in [0.717, 1.165) is 39.9 Å². The molecule has 1 atom stereocenters. The Bertz CT molecular complexity index is 1100. The second kappa shape index (κ2) is 8.57. The minimum absolute atomic E-state index is 0.101. The van der Waals surface area contributed by atoms with Crippen molar-refractivity contribution in [2.24, 2.45) is 0 Å². The standard InChI is InChI=1S/C23H24N4OS/c1-3-8-16(2)25-23(28)21-20-18(19-11-7-14-29-19)12-13-24-22(20)27(26-21)15-17-9-5-4-6-10-17/h4-7,9-14,16H,3,8,15H2,1-2H3,(H,25,28)/t16-/m1/s1. The molecule has 1 amide bonds. The minimum atomic E-state index is -0.145. The molecule has 0 spiro atoms. The van der Waals surface area contributed by atoms with Crippen LogP contribution in [0.25, 0.3) is 21.5 Å². The van der Waals surface area contributed by atoms with Crippen LogP contribution in [0.3, 0.4) is 0 Å². The summed E-state index contributed by atoms with van der Waals surface area (Å²) in [5, 5.41) is 10.7. The average molecular weight is 405 g/mol. The number of aromatic nitrogens is 3. The third-order valence-electron chi connectivity index (χ3n) is 4.91. The van der Waals surface area contributed by atoms with E-state index < -0.39 is 0 Å². The van der Waals surface area contributed by atoms with Crippen molar-refractivity contribution in [2.45, 2.75) is 39.3 Å². The summed E-state index contributed by atoms with van der Waals surface area (Å²) in [5.74, 6) is -0.145. The molecule has 0 bridgehead atoms. The van der Waals surface area contributed by atoms with Gasteiger partial charge in [-0.2, -0.15) is 5.10 Å². The lowest BCUT2D eigenvalue weighted by Crippen LogP contribution is -2.32. The molecule has 0 fully saturated rings. The van der Waals surface area contributed by atoms with E-state index in [9.17, 15) is 4.79 Å². The van der Waals surface area contributed by atoms with Gasteiger partial charge in [-0.05, 0) is 36.4 Å². The average Bonchev–Trinajstić information content (AvgIpc) is 3.37. The fourth-order valence-corrected chi connectivity index (χ4v) is 4.32. The first-order valence-corrected chi connectivity index (χ1v) is 10.8. The summed E-state index contributed by atoms with van der Waals surface area (Å²) in [6.07, 6.45) is 3.75. The Balaban J connectivity index is 1.83. The fraction of sp³-hybridized carbons (Fsp3) is 0.261. The maximum atomic E-state index is 13.1. The quantitative estimate of drug-likeness (QED) is 0.465. The van der Waals surface area contributed by atoms with Crippen molar-refractivity contribution in [1.82, 2.24) is 20.1 Å². The number of nitrogens with one attached hydrogen (secondary N) is 1. The molecule has 1 aromatic carbocycles. The first kappa shape index (κ1) is 19.3. The summed E-state index contributed by atoms with van der Waals surface area (Å²) in [5.41, 5.74) is 3.28. The molecular formula is C23H24N4OS. The predicted octanol–water partition coefficient (Wildman–Crippen LogP) is 5.13. The van der Waals surface area contributed by atoms with Gasteiger partial charge in [-0.25, -0.2) is 9.67 Å². The van der Waals surface area contributed by atoms with Gasteiger partial charge in [-0.3, -0.25) is 4.79 Å². The summed E-state index contributed by atoms with van der Waals surface area (Å²) >= 11 is 1.65. The smallest absolute Gasteiger partial charge is 0.272 e. The number of carbonyl (C=O) groups excluding carboxylic acids is 1. The highest BCUT2D eigenvalue weighted by molar-refractivity contribution is 7.13. The molecule has 148 valence electrons. The van der Waals surface area contributed by atoms with Gasteiger partial charge in [0.05, 0.1) is 11.9 Å². The molecule has 1 N–H and O–H groups in total. The summed E-state index contributed by atoms with van der Waals surface area (Å²) in [7, 11) is 0. The van der Waals surface area contributed by atoms with Crippen LogP contribution >= 0.6 is 11.3 Å². The zero-order valence-corrected chi connectivity index (χ0v) is 17.4. The molecule has 0 radical (unpaired) electrons. The second-order valence-corrected chi connectivity index (χ2v) is 8.14. The number of amides is 1. The largest absolute Gasteiger partial charge is 0.348 e. The lowest BCUT2D eigenvalue weighted by Gasteiger charge is -2.11. The Morgan fingerprint density at radius 1 is 1.17 bits per heavy atom. The van der Waals surface area contributed by atoms with Gasteiger partial charge in [0, 0.05) is 22.7 Å². The number of carbonyl (C=O) groups is 1. The maximum absolute atomic E-state index is 13.1. The van der Waals surface area contributed by atoms with E-state index in [1.165, 1.54) is 0 Å². The van der Waals surface area contributed by atoms with Gasteiger partial charge in [0.25, 0.3) is 5.91 Å². The lowest BCUT2D eigenvalue weighted by molar-refractivity contribution is 0.0934. The van der Waals surface area contributed by atoms with E-state index >= 15 is 0 Å². The molecule has 3 heterocycles. The highest BCUT2D eigenvalue weighted by Gasteiger charge is 2.23. The van der Waals surface area contributed by atoms with E-state index in [0.29, 0.717) is 12.2 Å². The van der Waals surface area contributed by atoms with Crippen molar-refractivity contribution in [3.63, 3.8) is 0 Å². The first-order chi connectivity index (χ1) is 14.2. The number of pyridine rings is 1. The van der Waals surface area contributed by atoms with E-state index in [1.807, 2.05) is 47.3 Å². The van der Waals surface area contributed by atoms with E-state index in [1.54, 1.807) is 17.5 Å². The molecule has 4 rings (SSSR count). The molecule has 0 saturated heterocycles. The van der Waals surface area contributed by atoms with Gasteiger partial charge in [0.15, 0.2) is 11.3 Å². The molecule has 0 aliphatic rings. The number of nitrogens with zero attached hydrogens (tertiary/aromatic N) is 3. The molecule has 0 unspecified atom stereocenters. The monoisotopic (exact) mass is 404 g/mol. The fourth-order valence-electron chi connectivity index (χ4n) is 3.56. The van der Waals surface area contributed by atoms with Gasteiger partial charge < -0.3 is 5.32 Å². The number of fused-ring (bicyclic) bond motifs is 1. The Morgan fingerprint density at radius 3 is 2.72 bits per heavy atom. The summed E-state index contributed by atoms with van der Waals surface area (Å²) in [4.78, 5) is 18.8. The highest BCUT2D eigenvalue weighted by Crippen LogP contribution is 2.33. The van der Waals surface area contributed by atoms with Crippen LogP contribution in [0.15, 0.2) is 60.1 Å². The second-order valence-electron chi connectivity index (χ2n) is 7.19. The minimum Gasteiger partial charge on any atom is -0.348 e. The van der Waals surface area contributed by atoms with Crippen molar-refractivity contribution in [1.29, 1.82) is 0 Å². The number of hydrogen-bond donors (Lipinski definition) is 1. The molecule has 29 heavy (non-hydrogen) atoms. The van der Waals surface area contributed by atoms with Crippen LogP contribution in [0.1, 0.15) is 42.7 Å². The van der Waals surface area contributed by atoms with E-state index in [2.05, 4.69) is 35.4 Å². The SMILES string of the molecule is CCC[C@@H](C)NC(=O)c1nn(Cc2ccccc2)c2nccc(-c3cccs3)c12. The molecule has 5 nitrogen and oxygen atoms in total. The Hall–Kier alpha value is -2.99. The van der Waals surface area contributed by atoms with Crippen molar-refractivity contribution in [2.75, 3.05) is 0 Å². The Labute approximate surface area is 174 Å². The summed E-state index contributed by atoms with van der Waals surface area (Å²) in [6, 6.07) is 16.3. The van der Waals surface area contributed by atoms with Gasteiger partial charge in [0.1, 0.15) is 0 Å². The Kier molecular flexibility index (Phi) is 5.71. The lowest BCUT2D eigenvalue weighted by atomic mass is 10.1. The molecule has 0 aliphatic carbocycles. The number of benzene rings is 1. The summed E-state index contributed by atoms with van der Waals surface area (Å²) < 4.78 is 1.83. The number of hydrogen-bond acceptors (Lipinski definition) is 4. The highest BCUT2D eigenvalue weighted by atomic mass is 32.1. The molecule has 0 saturated carbocycles. The normalized spacial score (nSPS) is 12.2.